The van der Waals surface area contributed by atoms with E-state index >= 15 is 0 Å². The highest BCUT2D eigenvalue weighted by atomic mass is 16.5. The molecule has 3 N–H and O–H groups in total. The molecule has 0 radical (unpaired) electrons. The third-order valence-corrected chi connectivity index (χ3v) is 2.26. The van der Waals surface area contributed by atoms with Gasteiger partial charge in [-0.25, -0.2) is 4.79 Å². The Labute approximate surface area is 110 Å². The number of rotatable bonds is 6. The molecule has 0 aliphatic carbocycles. The monoisotopic (exact) mass is 263 g/mol. The van der Waals surface area contributed by atoms with Crippen molar-refractivity contribution in [1.82, 2.24) is 5.32 Å². The summed E-state index contributed by atoms with van der Waals surface area (Å²) >= 11 is 0. The molecular formula is C12H14BNO5. The van der Waals surface area contributed by atoms with E-state index in [-0.39, 0.29) is 24.5 Å². The van der Waals surface area contributed by atoms with Crippen LogP contribution in [-0.4, -0.2) is 42.2 Å². The average Bonchev–Trinajstić information content (AvgIpc) is 2.43. The van der Waals surface area contributed by atoms with E-state index in [1.54, 1.807) is 0 Å². The molecule has 0 spiro atoms. The van der Waals surface area contributed by atoms with Crippen LogP contribution in [0.25, 0.3) is 0 Å². The molecule has 0 saturated heterocycles. The summed E-state index contributed by atoms with van der Waals surface area (Å²) in [5, 5.41) is 20.2. The molecule has 1 rings (SSSR count). The molecule has 7 heteroatoms. The van der Waals surface area contributed by atoms with E-state index in [0.29, 0.717) is 5.56 Å². The second-order valence-corrected chi connectivity index (χ2v) is 3.63. The van der Waals surface area contributed by atoms with Crippen LogP contribution in [0.5, 0.6) is 0 Å². The number of hydrogen-bond acceptors (Lipinski definition) is 5. The number of esters is 1. The fourth-order valence-corrected chi connectivity index (χ4v) is 1.26. The minimum absolute atomic E-state index is 0.0444. The lowest BCUT2D eigenvalue weighted by Crippen LogP contribution is -2.29. The summed E-state index contributed by atoms with van der Waals surface area (Å²) in [5.41, 5.74) is 0.578. The fraction of sp³-hybridized carbons (Fsp3) is 0.167. The lowest BCUT2D eigenvalue weighted by molar-refractivity contribution is -0.116. The average molecular weight is 263 g/mol. The van der Waals surface area contributed by atoms with E-state index in [1.807, 2.05) is 0 Å². The van der Waals surface area contributed by atoms with Crippen molar-refractivity contribution >= 4 is 24.5 Å². The quantitative estimate of drug-likeness (QED) is 0.260. The van der Waals surface area contributed by atoms with Gasteiger partial charge >= 0.3 is 13.1 Å². The van der Waals surface area contributed by atoms with Gasteiger partial charge in [-0.05, 0) is 23.7 Å². The van der Waals surface area contributed by atoms with Crippen molar-refractivity contribution < 1.29 is 24.4 Å². The molecule has 19 heavy (non-hydrogen) atoms. The molecule has 0 aliphatic rings. The van der Waals surface area contributed by atoms with Gasteiger partial charge < -0.3 is 20.1 Å². The van der Waals surface area contributed by atoms with Crippen LogP contribution in [0.15, 0.2) is 36.9 Å². The Bertz CT molecular complexity index is 458. The molecule has 0 aliphatic heterocycles. The standard InChI is InChI=1S/C12H14BNO5/c1-2-11(15)14-7-8-19-12(16)9-3-5-10(6-4-9)13(17)18/h2-6,17-18H,1,7-8H2,(H,14,15). The first kappa shape index (κ1) is 14.9. The predicted octanol–water partition coefficient (Wildman–Crippen LogP) is -1.17. The van der Waals surface area contributed by atoms with Crippen molar-refractivity contribution in [3.8, 4) is 0 Å². The molecule has 6 nitrogen and oxygen atoms in total. The fourth-order valence-electron chi connectivity index (χ4n) is 1.26. The summed E-state index contributed by atoms with van der Waals surface area (Å²) in [4.78, 5) is 22.4. The van der Waals surface area contributed by atoms with Gasteiger partial charge in [0.1, 0.15) is 6.61 Å². The number of hydrogen-bond donors (Lipinski definition) is 3. The van der Waals surface area contributed by atoms with Gasteiger partial charge in [0.15, 0.2) is 0 Å². The molecule has 0 unspecified atom stereocenters. The second kappa shape index (κ2) is 7.35. The van der Waals surface area contributed by atoms with Crippen LogP contribution in [0.1, 0.15) is 10.4 Å². The first-order valence-electron chi connectivity index (χ1n) is 5.58. The Morgan fingerprint density at radius 2 is 1.95 bits per heavy atom. The lowest BCUT2D eigenvalue weighted by Gasteiger charge is -2.06. The van der Waals surface area contributed by atoms with Gasteiger partial charge in [0, 0.05) is 0 Å². The van der Waals surface area contributed by atoms with Crippen LogP contribution in [0.4, 0.5) is 0 Å². The largest absolute Gasteiger partial charge is 0.488 e. The third kappa shape index (κ3) is 4.95. The first-order chi connectivity index (χ1) is 9.04. The lowest BCUT2D eigenvalue weighted by atomic mass is 9.80. The maximum atomic E-state index is 11.6. The molecule has 1 aromatic rings. The van der Waals surface area contributed by atoms with Gasteiger partial charge in [-0.15, -0.1) is 0 Å². The van der Waals surface area contributed by atoms with Crippen LogP contribution in [-0.2, 0) is 9.53 Å². The maximum Gasteiger partial charge on any atom is 0.488 e. The summed E-state index contributed by atoms with van der Waals surface area (Å²) in [6, 6.07) is 5.69. The minimum Gasteiger partial charge on any atom is -0.460 e. The van der Waals surface area contributed by atoms with E-state index in [9.17, 15) is 9.59 Å². The number of nitrogens with one attached hydrogen (secondary N) is 1. The molecule has 0 fully saturated rings. The van der Waals surface area contributed by atoms with Gasteiger partial charge in [0.2, 0.25) is 5.91 Å². The Hall–Kier alpha value is -2.12. The summed E-state index contributed by atoms with van der Waals surface area (Å²) in [6.45, 7) is 3.53. The van der Waals surface area contributed by atoms with Crippen LogP contribution in [0, 0.1) is 0 Å². The number of amides is 1. The van der Waals surface area contributed by atoms with E-state index in [0.717, 1.165) is 6.08 Å². The Morgan fingerprint density at radius 3 is 2.47 bits per heavy atom. The van der Waals surface area contributed by atoms with Crippen molar-refractivity contribution in [3.05, 3.63) is 42.5 Å². The zero-order chi connectivity index (χ0) is 14.3. The topological polar surface area (TPSA) is 95.9 Å². The molecule has 0 aromatic heterocycles. The molecule has 0 bridgehead atoms. The van der Waals surface area contributed by atoms with Crippen LogP contribution in [0.3, 0.4) is 0 Å². The molecule has 1 amide bonds. The predicted molar refractivity (Wildman–Crippen MR) is 69.8 cm³/mol. The number of ether oxygens (including phenoxy) is 1. The van der Waals surface area contributed by atoms with Crippen molar-refractivity contribution in [2.45, 2.75) is 0 Å². The number of carbonyl (C=O) groups is 2. The molecule has 0 atom stereocenters. The zero-order valence-corrected chi connectivity index (χ0v) is 10.2. The molecule has 0 heterocycles. The van der Waals surface area contributed by atoms with Crippen LogP contribution >= 0.6 is 0 Å². The number of benzene rings is 1. The molecule has 100 valence electrons. The normalized spacial score (nSPS) is 9.58. The number of carbonyl (C=O) groups excluding carboxylic acids is 2. The second-order valence-electron chi connectivity index (χ2n) is 3.63. The van der Waals surface area contributed by atoms with E-state index in [1.165, 1.54) is 24.3 Å². The Morgan fingerprint density at radius 1 is 1.32 bits per heavy atom. The van der Waals surface area contributed by atoms with Gasteiger partial charge in [-0.3, -0.25) is 4.79 Å². The summed E-state index contributed by atoms with van der Waals surface area (Å²) < 4.78 is 4.91. The smallest absolute Gasteiger partial charge is 0.460 e. The first-order valence-corrected chi connectivity index (χ1v) is 5.58. The summed E-state index contributed by atoms with van der Waals surface area (Å²) in [6.07, 6.45) is 1.13. The molecule has 0 saturated carbocycles. The van der Waals surface area contributed by atoms with Gasteiger partial charge in [-0.1, -0.05) is 18.7 Å². The highest BCUT2D eigenvalue weighted by Gasteiger charge is 2.12. The highest BCUT2D eigenvalue weighted by molar-refractivity contribution is 6.58. The minimum atomic E-state index is -1.57. The van der Waals surface area contributed by atoms with E-state index < -0.39 is 13.1 Å². The third-order valence-electron chi connectivity index (χ3n) is 2.26. The van der Waals surface area contributed by atoms with Crippen molar-refractivity contribution in [1.29, 1.82) is 0 Å². The van der Waals surface area contributed by atoms with Crippen LogP contribution in [0.2, 0.25) is 0 Å². The van der Waals surface area contributed by atoms with Crippen molar-refractivity contribution in [3.63, 3.8) is 0 Å². The van der Waals surface area contributed by atoms with Gasteiger partial charge in [0.25, 0.3) is 0 Å². The summed E-state index contributed by atoms with van der Waals surface area (Å²) in [5.74, 6) is -0.885. The van der Waals surface area contributed by atoms with Crippen molar-refractivity contribution in [2.75, 3.05) is 13.2 Å². The van der Waals surface area contributed by atoms with E-state index in [2.05, 4.69) is 11.9 Å². The molecular weight excluding hydrogens is 249 g/mol. The van der Waals surface area contributed by atoms with Gasteiger partial charge in [-0.2, -0.15) is 0 Å². The van der Waals surface area contributed by atoms with Gasteiger partial charge in [0.05, 0.1) is 12.1 Å². The zero-order valence-electron chi connectivity index (χ0n) is 10.2. The molecule has 1 aromatic carbocycles. The van der Waals surface area contributed by atoms with E-state index in [4.69, 9.17) is 14.8 Å². The summed E-state index contributed by atoms with van der Waals surface area (Å²) in [7, 11) is -1.57. The Kier molecular flexibility index (Phi) is 5.78. The maximum absolute atomic E-state index is 11.6. The van der Waals surface area contributed by atoms with Crippen molar-refractivity contribution in [2.24, 2.45) is 0 Å². The Balaban J connectivity index is 2.41. The highest BCUT2D eigenvalue weighted by Crippen LogP contribution is 2.00. The van der Waals surface area contributed by atoms with Crippen LogP contribution < -0.4 is 10.8 Å². The SMILES string of the molecule is C=CC(=O)NCCOC(=O)c1ccc(B(O)O)cc1.